The zero-order valence-corrected chi connectivity index (χ0v) is 18.9. The van der Waals surface area contributed by atoms with Crippen LogP contribution in [0.2, 0.25) is 4.47 Å². The number of pyridine rings is 1. The van der Waals surface area contributed by atoms with Gasteiger partial charge in [-0.05, 0) is 42.8 Å². The second-order valence-corrected chi connectivity index (χ2v) is 9.39. The highest BCUT2D eigenvalue weighted by molar-refractivity contribution is 9.10. The first kappa shape index (κ1) is 21.8. The second kappa shape index (κ2) is 7.92. The number of aromatic nitrogens is 3. The van der Waals surface area contributed by atoms with Crippen LogP contribution in [0, 0.1) is 6.92 Å². The van der Waals surface area contributed by atoms with E-state index in [0.717, 1.165) is 12.1 Å². The maximum absolute atomic E-state index is 13.3. The van der Waals surface area contributed by atoms with Crippen molar-refractivity contribution in [2.24, 2.45) is 0 Å². The zero-order valence-electron chi connectivity index (χ0n) is 15.7. The Morgan fingerprint density at radius 2 is 2.06 bits per heavy atom. The lowest BCUT2D eigenvalue weighted by atomic mass is 10.0. The van der Waals surface area contributed by atoms with Crippen LogP contribution in [-0.4, -0.2) is 14.7 Å². The molecule has 0 bridgehead atoms. The molecule has 11 heteroatoms. The van der Waals surface area contributed by atoms with Gasteiger partial charge in [0.15, 0.2) is 10.0 Å². The van der Waals surface area contributed by atoms with Crippen molar-refractivity contribution in [2.45, 2.75) is 19.6 Å². The van der Waals surface area contributed by atoms with Crippen molar-refractivity contribution in [3.05, 3.63) is 78.0 Å². The molecular formula is C20H13BrClF3N3O2S+. The maximum Gasteiger partial charge on any atom is 0.416 e. The molecule has 0 radical (unpaired) electrons. The Kier molecular flexibility index (Phi) is 5.57. The summed E-state index contributed by atoms with van der Waals surface area (Å²) < 4.78 is 43.3. The van der Waals surface area contributed by atoms with E-state index in [1.54, 1.807) is 25.3 Å². The number of nitrogens with zero attached hydrogens (tertiary/aromatic N) is 3. The summed E-state index contributed by atoms with van der Waals surface area (Å²) in [5.74, 6) is -0.449. The third-order valence-corrected chi connectivity index (χ3v) is 6.24. The summed E-state index contributed by atoms with van der Waals surface area (Å²) in [4.78, 5) is 17.9. The van der Waals surface area contributed by atoms with E-state index in [9.17, 15) is 23.1 Å². The van der Waals surface area contributed by atoms with Crippen LogP contribution in [0.5, 0.6) is 5.88 Å². The van der Waals surface area contributed by atoms with Gasteiger partial charge in [0.2, 0.25) is 0 Å². The van der Waals surface area contributed by atoms with E-state index in [4.69, 9.17) is 11.6 Å². The number of hydrogen-bond donors (Lipinski definition) is 1. The molecule has 0 atom stereocenters. The van der Waals surface area contributed by atoms with E-state index >= 15 is 0 Å². The second-order valence-electron chi connectivity index (χ2n) is 6.78. The summed E-state index contributed by atoms with van der Waals surface area (Å²) in [5.41, 5.74) is -0.778. The van der Waals surface area contributed by atoms with Gasteiger partial charge in [0.25, 0.3) is 11.5 Å². The molecule has 0 saturated carbocycles. The number of fused-ring (bicyclic) bond motifs is 1. The SMILES string of the molecule is Cc1ccc[n+]2c(=O)c(-c3cc(Br)cc(C(F)(F)F)c3)c(O)n(Cc3cnc(Cl)s3)c12. The molecule has 0 saturated heterocycles. The van der Waals surface area contributed by atoms with Gasteiger partial charge in [-0.15, -0.1) is 11.3 Å². The maximum atomic E-state index is 13.3. The fourth-order valence-electron chi connectivity index (χ4n) is 3.38. The minimum atomic E-state index is -4.62. The quantitative estimate of drug-likeness (QED) is 0.370. The Morgan fingerprint density at radius 3 is 2.71 bits per heavy atom. The van der Waals surface area contributed by atoms with E-state index in [0.29, 0.717) is 20.6 Å². The summed E-state index contributed by atoms with van der Waals surface area (Å²) in [6.45, 7) is 1.89. The molecule has 3 aromatic heterocycles. The third kappa shape index (κ3) is 4.07. The van der Waals surface area contributed by atoms with Crippen LogP contribution in [0.25, 0.3) is 16.8 Å². The molecule has 31 heavy (non-hydrogen) atoms. The number of hydrogen-bond acceptors (Lipinski definition) is 4. The van der Waals surface area contributed by atoms with Gasteiger partial charge in [-0.25, -0.2) is 9.78 Å². The first-order valence-electron chi connectivity index (χ1n) is 8.81. The van der Waals surface area contributed by atoms with Crippen LogP contribution < -0.4 is 9.96 Å². The number of alkyl halides is 3. The predicted octanol–water partition coefficient (Wildman–Crippen LogP) is 5.21. The standard InChI is InChI=1S/C20H12BrClF3N3O2S/c1-10-3-2-4-27-16(10)28(9-14-8-26-19(22)31-14)18(30)15(17(27)29)11-5-12(20(23,24)25)7-13(21)6-11/h2-8H,9H2,1H3/p+1. The summed E-state index contributed by atoms with van der Waals surface area (Å²) in [5, 5.41) is 11.1. The van der Waals surface area contributed by atoms with Gasteiger partial charge in [0, 0.05) is 16.2 Å². The van der Waals surface area contributed by atoms with E-state index in [1.165, 1.54) is 32.6 Å². The van der Waals surface area contributed by atoms with Crippen LogP contribution >= 0.6 is 38.9 Å². The number of halogens is 5. The Balaban J connectivity index is 2.06. The minimum Gasteiger partial charge on any atom is -0.477 e. The van der Waals surface area contributed by atoms with E-state index < -0.39 is 23.2 Å². The Hall–Kier alpha value is -2.43. The Labute approximate surface area is 191 Å². The molecule has 0 aliphatic rings. The lowest BCUT2D eigenvalue weighted by Gasteiger charge is -2.13. The molecule has 1 N–H and O–H groups in total. The highest BCUT2D eigenvalue weighted by atomic mass is 79.9. The summed E-state index contributed by atoms with van der Waals surface area (Å²) in [6.07, 6.45) is -1.57. The molecular weight excluding hydrogens is 519 g/mol. The number of aryl methyl sites for hydroxylation is 1. The first-order chi connectivity index (χ1) is 14.6. The summed E-state index contributed by atoms with van der Waals surface area (Å²) in [7, 11) is 0. The van der Waals surface area contributed by atoms with E-state index in [1.807, 2.05) is 0 Å². The lowest BCUT2D eigenvalue weighted by molar-refractivity contribution is -0.532. The molecule has 1 aromatic carbocycles. The minimum absolute atomic E-state index is 0.0591. The van der Waals surface area contributed by atoms with Gasteiger partial charge in [0.05, 0.1) is 16.6 Å². The van der Waals surface area contributed by atoms with Gasteiger partial charge in [0.1, 0.15) is 6.54 Å². The molecule has 0 amide bonds. The molecule has 0 aliphatic carbocycles. The highest BCUT2D eigenvalue weighted by Gasteiger charge is 2.33. The smallest absolute Gasteiger partial charge is 0.416 e. The van der Waals surface area contributed by atoms with Crippen LogP contribution in [0.4, 0.5) is 13.2 Å². The fourth-order valence-corrected chi connectivity index (χ4v) is 4.84. The molecule has 160 valence electrons. The van der Waals surface area contributed by atoms with Crippen LogP contribution in [-0.2, 0) is 12.7 Å². The number of rotatable bonds is 3. The van der Waals surface area contributed by atoms with Crippen LogP contribution in [0.15, 0.2) is 52.0 Å². The highest BCUT2D eigenvalue weighted by Crippen LogP contribution is 2.36. The molecule has 0 fully saturated rings. The largest absolute Gasteiger partial charge is 0.477 e. The number of benzene rings is 1. The molecule has 3 heterocycles. The summed E-state index contributed by atoms with van der Waals surface area (Å²) >= 11 is 10.2. The average molecular weight is 532 g/mol. The van der Waals surface area contributed by atoms with Crippen molar-refractivity contribution in [3.63, 3.8) is 0 Å². The monoisotopic (exact) mass is 530 g/mol. The lowest BCUT2D eigenvalue weighted by Crippen LogP contribution is -2.44. The van der Waals surface area contributed by atoms with Crippen molar-refractivity contribution in [1.29, 1.82) is 0 Å². The van der Waals surface area contributed by atoms with E-state index in [2.05, 4.69) is 20.9 Å². The van der Waals surface area contributed by atoms with Crippen LogP contribution in [0.3, 0.4) is 0 Å². The van der Waals surface area contributed by atoms with Crippen molar-refractivity contribution >= 4 is 44.5 Å². The van der Waals surface area contributed by atoms with Gasteiger partial charge in [-0.2, -0.15) is 22.1 Å². The topological polar surface area (TPSA) is 59.2 Å². The third-order valence-electron chi connectivity index (χ3n) is 4.68. The fraction of sp³-hybridized carbons (Fsp3) is 0.150. The van der Waals surface area contributed by atoms with Gasteiger partial charge in [-0.1, -0.05) is 27.5 Å². The molecule has 4 aromatic rings. The van der Waals surface area contributed by atoms with Crippen molar-refractivity contribution in [1.82, 2.24) is 9.55 Å². The van der Waals surface area contributed by atoms with Crippen molar-refractivity contribution < 1.29 is 22.7 Å². The van der Waals surface area contributed by atoms with Crippen molar-refractivity contribution in [3.8, 4) is 17.0 Å². The molecule has 0 aliphatic heterocycles. The Morgan fingerprint density at radius 1 is 1.32 bits per heavy atom. The van der Waals surface area contributed by atoms with Crippen LogP contribution in [0.1, 0.15) is 16.0 Å². The molecule has 0 spiro atoms. The first-order valence-corrected chi connectivity index (χ1v) is 10.8. The Bertz CT molecular complexity index is 1380. The van der Waals surface area contributed by atoms with Gasteiger partial charge in [-0.3, -0.25) is 0 Å². The predicted molar refractivity (Wildman–Crippen MR) is 115 cm³/mol. The summed E-state index contributed by atoms with van der Waals surface area (Å²) in [6, 6.07) is 6.54. The molecule has 5 nitrogen and oxygen atoms in total. The van der Waals surface area contributed by atoms with Gasteiger partial charge < -0.3 is 5.11 Å². The number of thiazole rings is 1. The van der Waals surface area contributed by atoms with E-state index in [-0.39, 0.29) is 22.1 Å². The van der Waals surface area contributed by atoms with Gasteiger partial charge >= 0.3 is 11.7 Å². The normalized spacial score (nSPS) is 11.9. The molecule has 4 rings (SSSR count). The average Bonchev–Trinajstić information content (AvgIpc) is 3.09. The zero-order chi connectivity index (χ0) is 22.5. The number of aromatic hydroxyl groups is 1. The van der Waals surface area contributed by atoms with Crippen molar-refractivity contribution in [2.75, 3.05) is 0 Å². The molecule has 0 unspecified atom stereocenters.